The summed E-state index contributed by atoms with van der Waals surface area (Å²) in [7, 11) is -3.01. The Bertz CT molecular complexity index is 633. The van der Waals surface area contributed by atoms with E-state index in [0.717, 1.165) is 24.3 Å². The first-order valence-corrected chi connectivity index (χ1v) is 9.47. The van der Waals surface area contributed by atoms with Crippen molar-refractivity contribution in [1.82, 2.24) is 4.98 Å². The fourth-order valence-electron chi connectivity index (χ4n) is 1.93. The van der Waals surface area contributed by atoms with Crippen molar-refractivity contribution in [1.29, 1.82) is 0 Å². The molecule has 0 saturated heterocycles. The fraction of sp³-hybridized carbons (Fsp3) is 0.400. The lowest BCUT2D eigenvalue weighted by atomic mass is 10.2. The first-order valence-electron chi connectivity index (χ1n) is 6.76. The van der Waals surface area contributed by atoms with Crippen LogP contribution in [0.1, 0.15) is 36.0 Å². The quantitative estimate of drug-likeness (QED) is 0.787. The summed E-state index contributed by atoms with van der Waals surface area (Å²) in [4.78, 5) is 4.44. The topological polar surface area (TPSA) is 47.0 Å². The normalized spacial score (nSPS) is 11.7. The van der Waals surface area contributed by atoms with Crippen LogP contribution in [-0.2, 0) is 22.0 Å². The van der Waals surface area contributed by atoms with Gasteiger partial charge < -0.3 is 0 Å². The molecule has 1 aromatic heterocycles. The van der Waals surface area contributed by atoms with Gasteiger partial charge in [0.15, 0.2) is 9.84 Å². The lowest BCUT2D eigenvalue weighted by molar-refractivity contribution is 0.591. The van der Waals surface area contributed by atoms with Gasteiger partial charge in [0.25, 0.3) is 0 Å². The van der Waals surface area contributed by atoms with E-state index in [-0.39, 0.29) is 11.5 Å². The Morgan fingerprint density at radius 2 is 1.95 bits per heavy atom. The molecular weight excluding hydrogens is 290 g/mol. The van der Waals surface area contributed by atoms with Crippen LogP contribution in [0.3, 0.4) is 0 Å². The van der Waals surface area contributed by atoms with Crippen molar-refractivity contribution in [2.45, 2.75) is 31.9 Å². The van der Waals surface area contributed by atoms with E-state index in [2.05, 4.69) is 17.1 Å². The van der Waals surface area contributed by atoms with Crippen LogP contribution < -0.4 is 0 Å². The number of thiazole rings is 1. The zero-order chi connectivity index (χ0) is 14.4. The van der Waals surface area contributed by atoms with Gasteiger partial charge in [-0.05, 0) is 12.0 Å². The molecule has 1 heterocycles. The highest BCUT2D eigenvalue weighted by atomic mass is 32.2. The number of hydrogen-bond donors (Lipinski definition) is 0. The first-order chi connectivity index (χ1) is 9.59. The molecule has 108 valence electrons. The molecule has 20 heavy (non-hydrogen) atoms. The maximum atomic E-state index is 11.9. The summed E-state index contributed by atoms with van der Waals surface area (Å²) in [6.45, 7) is 2.00. The molecule has 0 aliphatic heterocycles. The summed E-state index contributed by atoms with van der Waals surface area (Å²) >= 11 is 1.53. The van der Waals surface area contributed by atoms with Crippen molar-refractivity contribution in [3.63, 3.8) is 0 Å². The summed E-state index contributed by atoms with van der Waals surface area (Å²) in [6, 6.07) is 10.1. The van der Waals surface area contributed by atoms with E-state index >= 15 is 0 Å². The third-order valence-electron chi connectivity index (χ3n) is 2.97. The second-order valence-electron chi connectivity index (χ2n) is 4.84. The molecule has 3 nitrogen and oxygen atoms in total. The Morgan fingerprint density at radius 3 is 2.65 bits per heavy atom. The lowest BCUT2D eigenvalue weighted by Gasteiger charge is -2.00. The molecule has 2 aromatic rings. The van der Waals surface area contributed by atoms with Gasteiger partial charge in [0.1, 0.15) is 0 Å². The second-order valence-corrected chi connectivity index (χ2v) is 7.97. The van der Waals surface area contributed by atoms with Gasteiger partial charge >= 0.3 is 0 Å². The molecule has 0 aliphatic rings. The maximum absolute atomic E-state index is 11.9. The number of rotatable bonds is 7. The van der Waals surface area contributed by atoms with E-state index in [1.807, 2.05) is 30.5 Å². The molecular formula is C15H19NO2S2. The van der Waals surface area contributed by atoms with Gasteiger partial charge in [0, 0.05) is 11.8 Å². The molecule has 0 bridgehead atoms. The zero-order valence-corrected chi connectivity index (χ0v) is 13.2. The van der Waals surface area contributed by atoms with Crippen molar-refractivity contribution in [3.8, 4) is 0 Å². The minimum atomic E-state index is -3.01. The smallest absolute Gasteiger partial charge is 0.156 e. The number of nitrogens with zero attached hydrogens (tertiary/aromatic N) is 1. The molecule has 0 unspecified atom stereocenters. The highest BCUT2D eigenvalue weighted by molar-refractivity contribution is 7.90. The highest BCUT2D eigenvalue weighted by Crippen LogP contribution is 2.17. The predicted octanol–water partition coefficient (Wildman–Crippen LogP) is 3.45. The van der Waals surface area contributed by atoms with Crippen LogP contribution in [0.25, 0.3) is 0 Å². The molecule has 0 fully saturated rings. The van der Waals surface area contributed by atoms with Crippen LogP contribution in [0.4, 0.5) is 0 Å². The first kappa shape index (κ1) is 15.2. The van der Waals surface area contributed by atoms with E-state index in [4.69, 9.17) is 0 Å². The van der Waals surface area contributed by atoms with E-state index < -0.39 is 9.84 Å². The van der Waals surface area contributed by atoms with Gasteiger partial charge in [-0.25, -0.2) is 13.4 Å². The predicted molar refractivity (Wildman–Crippen MR) is 83.8 cm³/mol. The van der Waals surface area contributed by atoms with Gasteiger partial charge in [-0.1, -0.05) is 43.7 Å². The van der Waals surface area contributed by atoms with Gasteiger partial charge in [-0.15, -0.1) is 11.3 Å². The minimum absolute atomic E-state index is 0.0677. The average molecular weight is 309 g/mol. The van der Waals surface area contributed by atoms with Crippen molar-refractivity contribution >= 4 is 21.2 Å². The molecule has 0 aliphatic carbocycles. The summed E-state index contributed by atoms with van der Waals surface area (Å²) < 4.78 is 23.8. The number of benzene rings is 1. The van der Waals surface area contributed by atoms with E-state index in [9.17, 15) is 8.42 Å². The van der Waals surface area contributed by atoms with Gasteiger partial charge in [0.2, 0.25) is 0 Å². The van der Waals surface area contributed by atoms with Crippen molar-refractivity contribution in [2.75, 3.05) is 5.75 Å². The maximum Gasteiger partial charge on any atom is 0.156 e. The van der Waals surface area contributed by atoms with Crippen LogP contribution in [0.15, 0.2) is 35.7 Å². The lowest BCUT2D eigenvalue weighted by Crippen LogP contribution is -2.09. The molecule has 0 N–H and O–H groups in total. The third-order valence-corrected chi connectivity index (χ3v) is 5.52. The van der Waals surface area contributed by atoms with E-state index in [1.54, 1.807) is 0 Å². The molecule has 5 heteroatoms. The Labute approximate surface area is 124 Å². The molecule has 0 saturated carbocycles. The monoisotopic (exact) mass is 309 g/mol. The minimum Gasteiger partial charge on any atom is -0.245 e. The third kappa shape index (κ3) is 4.72. The SMILES string of the molecule is CCCCS(=O)(=O)Cc1csc(Cc2ccccc2)n1. The van der Waals surface area contributed by atoms with Crippen LogP contribution in [-0.4, -0.2) is 19.2 Å². The van der Waals surface area contributed by atoms with Crippen LogP contribution in [0, 0.1) is 0 Å². The molecule has 0 atom stereocenters. The van der Waals surface area contributed by atoms with E-state index in [0.29, 0.717) is 5.69 Å². The average Bonchev–Trinajstić information content (AvgIpc) is 2.84. The highest BCUT2D eigenvalue weighted by Gasteiger charge is 2.14. The fourth-order valence-corrected chi connectivity index (χ4v) is 4.33. The van der Waals surface area contributed by atoms with Crippen LogP contribution >= 0.6 is 11.3 Å². The Morgan fingerprint density at radius 1 is 1.20 bits per heavy atom. The molecule has 0 amide bonds. The van der Waals surface area contributed by atoms with E-state index in [1.165, 1.54) is 16.9 Å². The Kier molecular flexibility index (Phi) is 5.31. The summed E-state index contributed by atoms with van der Waals surface area (Å²) in [5, 5.41) is 2.83. The van der Waals surface area contributed by atoms with Gasteiger partial charge in [-0.3, -0.25) is 0 Å². The van der Waals surface area contributed by atoms with Crippen LogP contribution in [0.5, 0.6) is 0 Å². The standard InChI is InChI=1S/C15H19NO2S2/c1-2-3-9-20(17,18)12-14-11-19-15(16-14)10-13-7-5-4-6-8-13/h4-8,11H,2-3,9-10,12H2,1H3. The van der Waals surface area contributed by atoms with Crippen molar-refractivity contribution < 1.29 is 8.42 Å². The number of hydrogen-bond acceptors (Lipinski definition) is 4. The number of sulfone groups is 1. The second kappa shape index (κ2) is 6.99. The largest absolute Gasteiger partial charge is 0.245 e. The van der Waals surface area contributed by atoms with Gasteiger partial charge in [0.05, 0.1) is 22.2 Å². The summed E-state index contributed by atoms with van der Waals surface area (Å²) in [6.07, 6.45) is 2.39. The molecule has 2 rings (SSSR count). The summed E-state index contributed by atoms with van der Waals surface area (Å²) in [5.41, 5.74) is 1.87. The van der Waals surface area contributed by atoms with Crippen LogP contribution in [0.2, 0.25) is 0 Å². The molecule has 1 aromatic carbocycles. The number of unbranched alkanes of at least 4 members (excludes halogenated alkanes) is 1. The van der Waals surface area contributed by atoms with Gasteiger partial charge in [-0.2, -0.15) is 0 Å². The zero-order valence-electron chi connectivity index (χ0n) is 11.6. The Balaban J connectivity index is 1.99. The molecule has 0 radical (unpaired) electrons. The Hall–Kier alpha value is -1.20. The van der Waals surface area contributed by atoms with Crippen molar-refractivity contribution in [3.05, 3.63) is 52.0 Å². The van der Waals surface area contributed by atoms with Crippen molar-refractivity contribution in [2.24, 2.45) is 0 Å². The number of aromatic nitrogens is 1. The summed E-state index contributed by atoms with van der Waals surface area (Å²) in [5.74, 6) is 0.327. The molecule has 0 spiro atoms.